The molecule has 0 radical (unpaired) electrons. The fourth-order valence-electron chi connectivity index (χ4n) is 3.22. The summed E-state index contributed by atoms with van der Waals surface area (Å²) < 4.78 is 12.3. The fourth-order valence-corrected chi connectivity index (χ4v) is 3.22. The number of ether oxygens (including phenoxy) is 2. The number of nitrogens with zero attached hydrogens (tertiary/aromatic N) is 3. The number of methoxy groups -OCH3 is 1. The van der Waals surface area contributed by atoms with E-state index in [1.807, 2.05) is 42.1 Å². The Morgan fingerprint density at radius 3 is 2.71 bits per heavy atom. The minimum Gasteiger partial charge on any atom is -0.444 e. The molecule has 0 aliphatic carbocycles. The molecule has 3 N–H and O–H groups in total. The second-order valence-corrected chi connectivity index (χ2v) is 8.21. The lowest BCUT2D eigenvalue weighted by atomic mass is 10.0. The molecule has 3 rings (SSSR count). The zero-order valence-corrected chi connectivity index (χ0v) is 18.4. The third-order valence-corrected chi connectivity index (χ3v) is 4.46. The first-order valence-electron chi connectivity index (χ1n) is 9.90. The van der Waals surface area contributed by atoms with Gasteiger partial charge >= 0.3 is 6.09 Å². The van der Waals surface area contributed by atoms with Crippen LogP contribution in [0.5, 0.6) is 0 Å². The molecule has 0 fully saturated rings. The number of carbonyl (C=O) groups is 2. The van der Waals surface area contributed by atoms with Gasteiger partial charge in [0.1, 0.15) is 18.2 Å². The number of aryl methyl sites for hydroxylation is 1. The van der Waals surface area contributed by atoms with Crippen LogP contribution < -0.4 is 10.6 Å². The highest BCUT2D eigenvalue weighted by Gasteiger charge is 2.26. The topological polar surface area (TPSA) is 123 Å². The molecule has 0 bridgehead atoms. The number of benzene rings is 1. The molecule has 0 aliphatic heterocycles. The summed E-state index contributed by atoms with van der Waals surface area (Å²) >= 11 is 0. The Kier molecular flexibility index (Phi) is 6.59. The number of carbonyl (C=O) groups excluding carboxylic acids is 2. The lowest BCUT2D eigenvalue weighted by molar-refractivity contribution is -0.118. The fraction of sp³-hybridized carbons (Fsp3) is 0.429. The third-order valence-electron chi connectivity index (χ3n) is 4.46. The minimum absolute atomic E-state index is 0.103. The van der Waals surface area contributed by atoms with Gasteiger partial charge in [-0.05, 0) is 32.4 Å². The summed E-state index contributed by atoms with van der Waals surface area (Å²) in [6.45, 7) is 5.52. The van der Waals surface area contributed by atoms with Gasteiger partial charge in [-0.2, -0.15) is 4.98 Å². The lowest BCUT2D eigenvalue weighted by Crippen LogP contribution is -2.47. The van der Waals surface area contributed by atoms with E-state index >= 15 is 0 Å². The summed E-state index contributed by atoms with van der Waals surface area (Å²) in [6, 6.07) is 6.98. The van der Waals surface area contributed by atoms with Crippen LogP contribution in [0.15, 0.2) is 30.5 Å². The summed E-state index contributed by atoms with van der Waals surface area (Å²) in [7, 11) is 3.47. The number of aromatic nitrogens is 4. The van der Waals surface area contributed by atoms with Crippen molar-refractivity contribution in [3.05, 3.63) is 41.9 Å². The maximum absolute atomic E-state index is 13.0. The van der Waals surface area contributed by atoms with E-state index in [-0.39, 0.29) is 19.0 Å². The number of H-pyrrole nitrogens is 1. The maximum Gasteiger partial charge on any atom is 0.408 e. The van der Waals surface area contributed by atoms with E-state index in [0.717, 1.165) is 16.5 Å². The van der Waals surface area contributed by atoms with E-state index in [9.17, 15) is 9.59 Å². The van der Waals surface area contributed by atoms with Crippen molar-refractivity contribution < 1.29 is 19.1 Å². The van der Waals surface area contributed by atoms with E-state index in [2.05, 4.69) is 25.8 Å². The second-order valence-electron chi connectivity index (χ2n) is 8.21. The summed E-state index contributed by atoms with van der Waals surface area (Å²) in [5.74, 6) is 0.122. The van der Waals surface area contributed by atoms with Gasteiger partial charge < -0.3 is 19.4 Å². The van der Waals surface area contributed by atoms with Gasteiger partial charge in [0.05, 0.1) is 0 Å². The molecule has 1 aromatic carbocycles. The highest BCUT2D eigenvalue weighted by molar-refractivity contribution is 5.96. The number of hydrogen-bond donors (Lipinski definition) is 3. The van der Waals surface area contributed by atoms with E-state index < -0.39 is 23.6 Å². The quantitative estimate of drug-likeness (QED) is 0.531. The Morgan fingerprint density at radius 2 is 2.00 bits per heavy atom. The van der Waals surface area contributed by atoms with Gasteiger partial charge in [0.15, 0.2) is 5.82 Å². The van der Waals surface area contributed by atoms with Crippen molar-refractivity contribution in [2.75, 3.05) is 12.4 Å². The molecule has 1 atom stereocenters. The Balaban J connectivity index is 1.82. The van der Waals surface area contributed by atoms with E-state index in [0.29, 0.717) is 5.82 Å². The summed E-state index contributed by atoms with van der Waals surface area (Å²) in [6.07, 6.45) is 1.54. The predicted molar refractivity (Wildman–Crippen MR) is 116 cm³/mol. The van der Waals surface area contributed by atoms with Gasteiger partial charge in [0.2, 0.25) is 11.9 Å². The zero-order chi connectivity index (χ0) is 22.6. The minimum atomic E-state index is -0.898. The number of aromatic amines is 1. The first kappa shape index (κ1) is 22.3. The molecule has 2 aromatic heterocycles. The van der Waals surface area contributed by atoms with Crippen molar-refractivity contribution >= 4 is 28.9 Å². The number of amides is 2. The molecule has 0 saturated carbocycles. The molecule has 166 valence electrons. The van der Waals surface area contributed by atoms with Gasteiger partial charge in [0, 0.05) is 37.7 Å². The molecule has 0 saturated heterocycles. The number of nitrogens with one attached hydrogen (secondary N) is 3. The van der Waals surface area contributed by atoms with E-state index in [4.69, 9.17) is 9.47 Å². The van der Waals surface area contributed by atoms with Crippen LogP contribution in [0.1, 0.15) is 32.2 Å². The number of anilines is 1. The van der Waals surface area contributed by atoms with Crippen LogP contribution in [0, 0.1) is 0 Å². The summed E-state index contributed by atoms with van der Waals surface area (Å²) in [5.41, 5.74) is 1.26. The van der Waals surface area contributed by atoms with Crippen LogP contribution >= 0.6 is 0 Å². The number of rotatable bonds is 7. The molecule has 1 unspecified atom stereocenters. The van der Waals surface area contributed by atoms with Crippen LogP contribution in [0.3, 0.4) is 0 Å². The Labute approximate surface area is 180 Å². The van der Waals surface area contributed by atoms with Crippen LogP contribution in [-0.4, -0.2) is 50.5 Å². The average molecular weight is 428 g/mol. The number of alkyl carbamates (subject to hydrolysis) is 1. The van der Waals surface area contributed by atoms with Crippen LogP contribution in [0.25, 0.3) is 10.9 Å². The first-order chi connectivity index (χ1) is 14.7. The van der Waals surface area contributed by atoms with E-state index in [1.165, 1.54) is 7.11 Å². The maximum atomic E-state index is 13.0. The van der Waals surface area contributed by atoms with Crippen molar-refractivity contribution in [3.8, 4) is 0 Å². The van der Waals surface area contributed by atoms with Gasteiger partial charge in [-0.15, -0.1) is 5.10 Å². The molecule has 0 spiro atoms. The second kappa shape index (κ2) is 9.17. The van der Waals surface area contributed by atoms with Crippen molar-refractivity contribution in [1.29, 1.82) is 0 Å². The molecule has 0 aliphatic rings. The molecule has 2 amide bonds. The van der Waals surface area contributed by atoms with Crippen LogP contribution in [-0.2, 0) is 34.3 Å². The van der Waals surface area contributed by atoms with Crippen LogP contribution in [0.4, 0.5) is 10.7 Å². The number of fused-ring (bicyclic) bond motifs is 1. The Bertz CT molecular complexity index is 1070. The van der Waals surface area contributed by atoms with Crippen molar-refractivity contribution in [2.24, 2.45) is 7.05 Å². The van der Waals surface area contributed by atoms with Crippen molar-refractivity contribution in [2.45, 2.75) is 45.4 Å². The van der Waals surface area contributed by atoms with Gasteiger partial charge in [-0.3, -0.25) is 15.2 Å². The summed E-state index contributed by atoms with van der Waals surface area (Å²) in [4.78, 5) is 29.6. The zero-order valence-electron chi connectivity index (χ0n) is 18.4. The molecule has 10 heteroatoms. The molecular weight excluding hydrogens is 400 g/mol. The monoisotopic (exact) mass is 428 g/mol. The van der Waals surface area contributed by atoms with Gasteiger partial charge in [-0.25, -0.2) is 4.79 Å². The highest BCUT2D eigenvalue weighted by atomic mass is 16.6. The third kappa shape index (κ3) is 5.82. The molecule has 31 heavy (non-hydrogen) atoms. The Morgan fingerprint density at radius 1 is 1.26 bits per heavy atom. The van der Waals surface area contributed by atoms with Gasteiger partial charge in [-0.1, -0.05) is 18.2 Å². The van der Waals surface area contributed by atoms with Crippen molar-refractivity contribution in [3.63, 3.8) is 0 Å². The average Bonchev–Trinajstić information content (AvgIpc) is 3.25. The molecular formula is C21H28N6O4. The lowest BCUT2D eigenvalue weighted by Gasteiger charge is -2.23. The predicted octanol–water partition coefficient (Wildman–Crippen LogP) is 2.52. The molecule has 3 aromatic rings. The van der Waals surface area contributed by atoms with Gasteiger partial charge in [0.25, 0.3) is 0 Å². The SMILES string of the molecule is COCc1nc(NC(=O)C(Cc2cn(C)c3ccccc23)NC(=O)OC(C)(C)C)n[nH]1. The highest BCUT2D eigenvalue weighted by Crippen LogP contribution is 2.22. The normalized spacial score (nSPS) is 12.5. The standard InChI is InChI=1S/C21H28N6O4/c1-21(2,3)31-20(29)22-15(18(28)24-19-23-17(12-30-5)25-26-19)10-13-11-27(4)16-9-7-6-8-14(13)16/h6-9,11,15H,10,12H2,1-5H3,(H,22,29)(H2,23,24,25,26,28). The molecule has 10 nitrogen and oxygen atoms in total. The molecule has 2 heterocycles. The van der Waals surface area contributed by atoms with E-state index in [1.54, 1.807) is 20.8 Å². The number of para-hydroxylation sites is 1. The summed E-state index contributed by atoms with van der Waals surface area (Å²) in [5, 5.41) is 13.0. The first-order valence-corrected chi connectivity index (χ1v) is 9.90. The van der Waals surface area contributed by atoms with Crippen molar-refractivity contribution in [1.82, 2.24) is 25.1 Å². The smallest absolute Gasteiger partial charge is 0.408 e. The Hall–Kier alpha value is -3.40. The largest absolute Gasteiger partial charge is 0.444 e. The van der Waals surface area contributed by atoms with Crippen LogP contribution in [0.2, 0.25) is 0 Å². The number of hydrogen-bond acceptors (Lipinski definition) is 6.